The van der Waals surface area contributed by atoms with E-state index in [9.17, 15) is 10.1 Å². The van der Waals surface area contributed by atoms with E-state index in [1.54, 1.807) is 36.4 Å². The second-order valence-electron chi connectivity index (χ2n) is 3.90. The third kappa shape index (κ3) is 2.87. The van der Waals surface area contributed by atoms with E-state index in [0.717, 1.165) is 0 Å². The SMILES string of the molecule is N#Cc1c(Cl)cccc1OCc1ccccc1[N+](=O)[O-]. The Morgan fingerprint density at radius 3 is 2.70 bits per heavy atom. The number of nitriles is 1. The van der Waals surface area contributed by atoms with Crippen molar-refractivity contribution in [2.45, 2.75) is 6.61 Å². The minimum absolute atomic E-state index is 0.00776. The van der Waals surface area contributed by atoms with Gasteiger partial charge in [0, 0.05) is 6.07 Å². The van der Waals surface area contributed by atoms with Crippen LogP contribution in [-0.4, -0.2) is 4.92 Å². The van der Waals surface area contributed by atoms with Crippen LogP contribution in [0.1, 0.15) is 11.1 Å². The Morgan fingerprint density at radius 1 is 1.25 bits per heavy atom. The van der Waals surface area contributed by atoms with Crippen LogP contribution in [0.25, 0.3) is 0 Å². The van der Waals surface area contributed by atoms with Crippen LogP contribution in [-0.2, 0) is 6.61 Å². The molecule has 0 fully saturated rings. The lowest BCUT2D eigenvalue weighted by Crippen LogP contribution is -2.01. The number of nitrogens with zero attached hydrogens (tertiary/aromatic N) is 2. The second kappa shape index (κ2) is 6.04. The van der Waals surface area contributed by atoms with Gasteiger partial charge in [0.1, 0.15) is 24.0 Å². The average molecular weight is 289 g/mol. The van der Waals surface area contributed by atoms with E-state index >= 15 is 0 Å². The third-order valence-electron chi connectivity index (χ3n) is 2.66. The molecule has 0 saturated heterocycles. The summed E-state index contributed by atoms with van der Waals surface area (Å²) in [5.74, 6) is 0.304. The van der Waals surface area contributed by atoms with Crippen molar-refractivity contribution < 1.29 is 9.66 Å². The first-order valence-electron chi connectivity index (χ1n) is 5.67. The summed E-state index contributed by atoms with van der Waals surface area (Å²) in [6.07, 6.45) is 0. The molecule has 0 aromatic heterocycles. The van der Waals surface area contributed by atoms with E-state index in [4.69, 9.17) is 21.6 Å². The smallest absolute Gasteiger partial charge is 0.276 e. The van der Waals surface area contributed by atoms with Crippen molar-refractivity contribution in [3.8, 4) is 11.8 Å². The molecule has 2 aromatic rings. The zero-order valence-electron chi connectivity index (χ0n) is 10.2. The average Bonchev–Trinajstić information content (AvgIpc) is 2.45. The van der Waals surface area contributed by atoms with E-state index < -0.39 is 4.92 Å². The Morgan fingerprint density at radius 2 is 2.00 bits per heavy atom. The number of ether oxygens (including phenoxy) is 1. The number of rotatable bonds is 4. The van der Waals surface area contributed by atoms with E-state index in [1.165, 1.54) is 6.07 Å². The van der Waals surface area contributed by atoms with Crippen LogP contribution in [0.3, 0.4) is 0 Å². The van der Waals surface area contributed by atoms with Gasteiger partial charge in [-0.2, -0.15) is 5.26 Å². The fraction of sp³-hybridized carbons (Fsp3) is 0.0714. The zero-order valence-corrected chi connectivity index (χ0v) is 11.0. The van der Waals surface area contributed by atoms with Crippen molar-refractivity contribution in [3.05, 3.63) is 68.7 Å². The summed E-state index contributed by atoms with van der Waals surface area (Å²) >= 11 is 5.88. The predicted molar refractivity (Wildman–Crippen MR) is 73.6 cm³/mol. The van der Waals surface area contributed by atoms with Gasteiger partial charge in [-0.25, -0.2) is 0 Å². The fourth-order valence-corrected chi connectivity index (χ4v) is 1.91. The van der Waals surface area contributed by atoms with Gasteiger partial charge in [-0.15, -0.1) is 0 Å². The summed E-state index contributed by atoms with van der Waals surface area (Å²) in [5.41, 5.74) is 0.627. The lowest BCUT2D eigenvalue weighted by molar-refractivity contribution is -0.385. The van der Waals surface area contributed by atoms with Crippen LogP contribution in [0.2, 0.25) is 5.02 Å². The lowest BCUT2D eigenvalue weighted by atomic mass is 10.2. The molecular weight excluding hydrogens is 280 g/mol. The maximum absolute atomic E-state index is 10.9. The van der Waals surface area contributed by atoms with Crippen molar-refractivity contribution in [2.75, 3.05) is 0 Å². The van der Waals surface area contributed by atoms with E-state index in [-0.39, 0.29) is 22.9 Å². The van der Waals surface area contributed by atoms with Gasteiger partial charge in [0.25, 0.3) is 5.69 Å². The highest BCUT2D eigenvalue weighted by atomic mass is 35.5. The monoisotopic (exact) mass is 288 g/mol. The summed E-state index contributed by atoms with van der Waals surface area (Å²) in [7, 11) is 0. The number of hydrogen-bond acceptors (Lipinski definition) is 4. The van der Waals surface area contributed by atoms with Gasteiger partial charge >= 0.3 is 0 Å². The molecule has 0 saturated carbocycles. The molecule has 0 heterocycles. The molecule has 100 valence electrons. The maximum atomic E-state index is 10.9. The maximum Gasteiger partial charge on any atom is 0.276 e. The zero-order chi connectivity index (χ0) is 14.5. The number of halogens is 1. The molecule has 20 heavy (non-hydrogen) atoms. The second-order valence-corrected chi connectivity index (χ2v) is 4.31. The van der Waals surface area contributed by atoms with E-state index in [1.807, 2.05) is 6.07 Å². The van der Waals surface area contributed by atoms with Gasteiger partial charge in [-0.05, 0) is 18.2 Å². The van der Waals surface area contributed by atoms with Crippen LogP contribution < -0.4 is 4.74 Å². The fourth-order valence-electron chi connectivity index (χ4n) is 1.70. The Bertz CT molecular complexity index is 695. The first-order chi connectivity index (χ1) is 9.63. The van der Waals surface area contributed by atoms with Crippen LogP contribution in [0.4, 0.5) is 5.69 Å². The molecular formula is C14H9ClN2O3. The van der Waals surface area contributed by atoms with Crippen LogP contribution in [0.5, 0.6) is 5.75 Å². The van der Waals surface area contributed by atoms with Gasteiger partial charge in [0.05, 0.1) is 15.5 Å². The van der Waals surface area contributed by atoms with Gasteiger partial charge < -0.3 is 4.74 Å². The highest BCUT2D eigenvalue weighted by Gasteiger charge is 2.14. The summed E-state index contributed by atoms with van der Waals surface area (Å²) in [5, 5.41) is 20.2. The lowest BCUT2D eigenvalue weighted by Gasteiger charge is -2.08. The molecule has 0 amide bonds. The van der Waals surface area contributed by atoms with E-state index in [2.05, 4.69) is 0 Å². The van der Waals surface area contributed by atoms with Crippen molar-refractivity contribution >= 4 is 17.3 Å². The highest BCUT2D eigenvalue weighted by molar-refractivity contribution is 6.31. The Balaban J connectivity index is 2.24. The Labute approximate surface area is 120 Å². The quantitative estimate of drug-likeness (QED) is 0.635. The first-order valence-corrected chi connectivity index (χ1v) is 6.05. The van der Waals surface area contributed by atoms with Crippen molar-refractivity contribution in [2.24, 2.45) is 0 Å². The molecule has 2 rings (SSSR count). The Hall–Kier alpha value is -2.58. The Kier molecular flexibility index (Phi) is 4.18. The largest absolute Gasteiger partial charge is 0.487 e. The number of hydrogen-bond donors (Lipinski definition) is 0. The number of nitro benzene ring substituents is 1. The van der Waals surface area contributed by atoms with Crippen molar-refractivity contribution in [1.82, 2.24) is 0 Å². The highest BCUT2D eigenvalue weighted by Crippen LogP contribution is 2.27. The predicted octanol–water partition coefficient (Wildman–Crippen LogP) is 3.70. The summed E-state index contributed by atoms with van der Waals surface area (Å²) in [6, 6.07) is 13.1. The molecule has 0 aliphatic rings. The standard InChI is InChI=1S/C14H9ClN2O3/c15-12-5-3-7-14(11(12)8-16)20-9-10-4-1-2-6-13(10)17(18)19/h1-7H,9H2. The molecule has 0 spiro atoms. The van der Waals surface area contributed by atoms with Crippen LogP contribution in [0, 0.1) is 21.4 Å². The van der Waals surface area contributed by atoms with Gasteiger partial charge in [-0.1, -0.05) is 29.8 Å². The molecule has 6 heteroatoms. The van der Waals surface area contributed by atoms with Crippen LogP contribution in [0.15, 0.2) is 42.5 Å². The normalized spacial score (nSPS) is 9.80. The number of nitro groups is 1. The van der Waals surface area contributed by atoms with Gasteiger partial charge in [0.15, 0.2) is 0 Å². The molecule has 5 nitrogen and oxygen atoms in total. The summed E-state index contributed by atoms with van der Waals surface area (Å²) in [4.78, 5) is 10.4. The number of benzene rings is 2. The molecule has 0 unspecified atom stereocenters. The van der Waals surface area contributed by atoms with Gasteiger partial charge in [-0.3, -0.25) is 10.1 Å². The topological polar surface area (TPSA) is 76.2 Å². The first kappa shape index (κ1) is 13.8. The van der Waals surface area contributed by atoms with Crippen molar-refractivity contribution in [1.29, 1.82) is 5.26 Å². The molecule has 2 aromatic carbocycles. The minimum atomic E-state index is -0.470. The van der Waals surface area contributed by atoms with Crippen LogP contribution >= 0.6 is 11.6 Å². The van der Waals surface area contributed by atoms with E-state index in [0.29, 0.717) is 11.3 Å². The molecule has 0 atom stereocenters. The van der Waals surface area contributed by atoms with Crippen molar-refractivity contribution in [3.63, 3.8) is 0 Å². The molecule has 0 N–H and O–H groups in total. The number of para-hydroxylation sites is 1. The third-order valence-corrected chi connectivity index (χ3v) is 2.97. The molecule has 0 bridgehead atoms. The molecule has 0 aliphatic heterocycles. The summed E-state index contributed by atoms with van der Waals surface area (Å²) < 4.78 is 5.47. The summed E-state index contributed by atoms with van der Waals surface area (Å²) in [6.45, 7) is -0.00776. The molecule has 0 aliphatic carbocycles. The minimum Gasteiger partial charge on any atom is -0.487 e. The molecule has 0 radical (unpaired) electrons. The van der Waals surface area contributed by atoms with Gasteiger partial charge in [0.2, 0.25) is 0 Å².